The van der Waals surface area contributed by atoms with Crippen LogP contribution in [-0.4, -0.2) is 46.1 Å². The summed E-state index contributed by atoms with van der Waals surface area (Å²) in [5.41, 5.74) is 0.376. The van der Waals surface area contributed by atoms with Gasteiger partial charge in [0.1, 0.15) is 12.9 Å². The zero-order valence-corrected chi connectivity index (χ0v) is 9.21. The molecule has 0 radical (unpaired) electrons. The Balaban J connectivity index is 2.25. The van der Waals surface area contributed by atoms with Gasteiger partial charge >= 0.3 is 12.0 Å². The number of carboxylic acid groups (broad SMARTS) is 1. The molecule has 0 aliphatic heterocycles. The van der Waals surface area contributed by atoms with Crippen LogP contribution in [0.3, 0.4) is 0 Å². The summed E-state index contributed by atoms with van der Waals surface area (Å²) in [6.45, 7) is -0.818. The lowest BCUT2D eigenvalue weighted by Gasteiger charge is -2.06. The number of nitrogens with zero attached hydrogens (tertiary/aromatic N) is 2. The Morgan fingerprint density at radius 1 is 1.11 bits per heavy atom. The summed E-state index contributed by atoms with van der Waals surface area (Å²) in [7, 11) is 0. The molecule has 1 heterocycles. The van der Waals surface area contributed by atoms with Gasteiger partial charge in [-0.2, -0.15) is 0 Å². The number of carbonyl (C=O) groups is 3. The molecule has 0 bridgehead atoms. The molecule has 9 nitrogen and oxygen atoms in total. The minimum atomic E-state index is -1.16. The van der Waals surface area contributed by atoms with Crippen LogP contribution in [0.4, 0.5) is 10.5 Å². The van der Waals surface area contributed by atoms with E-state index in [4.69, 9.17) is 5.11 Å². The Bertz CT molecular complexity index is 436. The van der Waals surface area contributed by atoms with E-state index in [-0.39, 0.29) is 6.54 Å². The average molecular weight is 253 g/mol. The highest BCUT2D eigenvalue weighted by atomic mass is 16.4. The van der Waals surface area contributed by atoms with Gasteiger partial charge < -0.3 is 21.1 Å². The second-order valence-corrected chi connectivity index (χ2v) is 3.11. The summed E-state index contributed by atoms with van der Waals surface area (Å²) in [5.74, 6) is -1.76. The molecule has 1 aromatic heterocycles. The van der Waals surface area contributed by atoms with Crippen LogP contribution in [0.15, 0.2) is 18.7 Å². The maximum atomic E-state index is 11.3. The van der Waals surface area contributed by atoms with Crippen molar-refractivity contribution in [2.24, 2.45) is 0 Å². The number of carboxylic acids is 1. The second-order valence-electron chi connectivity index (χ2n) is 3.11. The summed E-state index contributed by atoms with van der Waals surface area (Å²) in [5, 5.41) is 15.0. The maximum Gasteiger partial charge on any atom is 0.322 e. The number of aromatic nitrogens is 2. The molecule has 0 atom stereocenters. The quantitative estimate of drug-likeness (QED) is 0.520. The number of amides is 3. The van der Waals surface area contributed by atoms with Crippen LogP contribution in [0.5, 0.6) is 0 Å². The van der Waals surface area contributed by atoms with Crippen molar-refractivity contribution in [3.8, 4) is 0 Å². The summed E-state index contributed by atoms with van der Waals surface area (Å²) in [4.78, 5) is 39.9. The van der Waals surface area contributed by atoms with Gasteiger partial charge in [-0.25, -0.2) is 14.8 Å². The number of anilines is 1. The molecule has 1 rings (SSSR count). The fourth-order valence-corrected chi connectivity index (χ4v) is 0.936. The van der Waals surface area contributed by atoms with Crippen molar-refractivity contribution < 1.29 is 19.5 Å². The lowest BCUT2D eigenvalue weighted by molar-refractivity contribution is -0.137. The van der Waals surface area contributed by atoms with E-state index in [0.29, 0.717) is 5.69 Å². The van der Waals surface area contributed by atoms with Crippen LogP contribution in [-0.2, 0) is 9.59 Å². The molecule has 96 valence electrons. The van der Waals surface area contributed by atoms with Gasteiger partial charge in [0.05, 0.1) is 24.6 Å². The number of urea groups is 1. The van der Waals surface area contributed by atoms with Crippen molar-refractivity contribution in [3.05, 3.63) is 18.7 Å². The fraction of sp³-hybridized carbons (Fsp3) is 0.222. The fourth-order valence-electron chi connectivity index (χ4n) is 0.936. The number of nitrogens with one attached hydrogen (secondary N) is 3. The van der Waals surface area contributed by atoms with Crippen LogP contribution in [0.1, 0.15) is 0 Å². The smallest absolute Gasteiger partial charge is 0.322 e. The maximum absolute atomic E-state index is 11.3. The molecule has 0 spiro atoms. The van der Waals surface area contributed by atoms with Crippen LogP contribution in [0.2, 0.25) is 0 Å². The number of carbonyl (C=O) groups excluding carboxylic acids is 2. The minimum Gasteiger partial charge on any atom is -0.480 e. The third-order valence-electron chi connectivity index (χ3n) is 1.66. The first-order chi connectivity index (χ1) is 8.58. The Labute approximate surface area is 102 Å². The highest BCUT2D eigenvalue weighted by Crippen LogP contribution is 1.98. The summed E-state index contributed by atoms with van der Waals surface area (Å²) < 4.78 is 0. The van der Waals surface area contributed by atoms with E-state index in [1.807, 2.05) is 0 Å². The lowest BCUT2D eigenvalue weighted by atomic mass is 10.5. The topological polar surface area (TPSA) is 133 Å². The van der Waals surface area contributed by atoms with Gasteiger partial charge in [-0.3, -0.25) is 9.59 Å². The third-order valence-corrected chi connectivity index (χ3v) is 1.66. The van der Waals surface area contributed by atoms with Crippen molar-refractivity contribution in [3.63, 3.8) is 0 Å². The predicted molar refractivity (Wildman–Crippen MR) is 59.7 cm³/mol. The van der Waals surface area contributed by atoms with Crippen LogP contribution < -0.4 is 16.0 Å². The molecule has 0 aromatic carbocycles. The molecule has 0 saturated heterocycles. The first-order valence-corrected chi connectivity index (χ1v) is 4.86. The van der Waals surface area contributed by atoms with E-state index in [0.717, 1.165) is 0 Å². The normalized spacial score (nSPS) is 9.33. The lowest BCUT2D eigenvalue weighted by Crippen LogP contribution is -2.40. The number of hydrogen-bond donors (Lipinski definition) is 4. The Morgan fingerprint density at radius 2 is 1.78 bits per heavy atom. The predicted octanol–water partition coefficient (Wildman–Crippen LogP) is -1.20. The number of hydrogen-bond acceptors (Lipinski definition) is 5. The molecule has 0 saturated carbocycles. The highest BCUT2D eigenvalue weighted by Gasteiger charge is 2.06. The van der Waals surface area contributed by atoms with Crippen molar-refractivity contribution in [2.45, 2.75) is 0 Å². The van der Waals surface area contributed by atoms with E-state index < -0.39 is 24.5 Å². The van der Waals surface area contributed by atoms with Crippen molar-refractivity contribution in [2.75, 3.05) is 18.4 Å². The average Bonchev–Trinajstić information content (AvgIpc) is 2.35. The van der Waals surface area contributed by atoms with Gasteiger partial charge in [0, 0.05) is 0 Å². The van der Waals surface area contributed by atoms with Gasteiger partial charge in [-0.05, 0) is 0 Å². The van der Waals surface area contributed by atoms with Gasteiger partial charge in [0.15, 0.2) is 0 Å². The molecule has 0 unspecified atom stereocenters. The third kappa shape index (κ3) is 5.39. The first-order valence-electron chi connectivity index (χ1n) is 4.86. The van der Waals surface area contributed by atoms with E-state index in [2.05, 4.69) is 25.9 Å². The van der Waals surface area contributed by atoms with Crippen molar-refractivity contribution in [1.82, 2.24) is 20.6 Å². The zero-order valence-electron chi connectivity index (χ0n) is 9.21. The van der Waals surface area contributed by atoms with Crippen LogP contribution >= 0.6 is 0 Å². The molecule has 0 fully saturated rings. The van der Waals surface area contributed by atoms with E-state index in [1.54, 1.807) is 0 Å². The molecule has 18 heavy (non-hydrogen) atoms. The van der Waals surface area contributed by atoms with Crippen LogP contribution in [0.25, 0.3) is 0 Å². The molecular formula is C9H11N5O4. The van der Waals surface area contributed by atoms with Crippen molar-refractivity contribution in [1.29, 1.82) is 0 Å². The van der Waals surface area contributed by atoms with E-state index in [9.17, 15) is 14.4 Å². The van der Waals surface area contributed by atoms with Gasteiger partial charge in [0.25, 0.3) is 0 Å². The molecular weight excluding hydrogens is 242 g/mol. The zero-order chi connectivity index (χ0) is 13.4. The molecule has 1 aromatic rings. The Hall–Kier alpha value is -2.71. The highest BCUT2D eigenvalue weighted by molar-refractivity contribution is 5.92. The first kappa shape index (κ1) is 13.4. The molecule has 3 amide bonds. The molecule has 0 aliphatic rings. The summed E-state index contributed by atoms with van der Waals surface area (Å²) >= 11 is 0. The minimum absolute atomic E-state index is 0.327. The molecule has 4 N–H and O–H groups in total. The molecule has 0 aliphatic carbocycles. The van der Waals surface area contributed by atoms with Gasteiger partial charge in [-0.15, -0.1) is 0 Å². The Kier molecular flexibility index (Phi) is 5.03. The summed E-state index contributed by atoms with van der Waals surface area (Å²) in [6, 6.07) is -0.615. The largest absolute Gasteiger partial charge is 0.480 e. The standard InChI is InChI=1S/C9H11N5O4/c15-7(12-4-8(16)17)3-13-9(18)14-6-1-10-5-11-2-6/h1-2,5H,3-4H2,(H,12,15)(H,16,17)(H2,13,14,18). The number of rotatable bonds is 5. The van der Waals surface area contributed by atoms with E-state index >= 15 is 0 Å². The van der Waals surface area contributed by atoms with Gasteiger partial charge in [0.2, 0.25) is 5.91 Å². The van der Waals surface area contributed by atoms with Gasteiger partial charge in [-0.1, -0.05) is 0 Å². The molecule has 9 heteroatoms. The second kappa shape index (κ2) is 6.78. The summed E-state index contributed by atoms with van der Waals surface area (Å²) in [6.07, 6.45) is 4.08. The number of aliphatic carboxylic acids is 1. The Morgan fingerprint density at radius 3 is 2.39 bits per heavy atom. The monoisotopic (exact) mass is 253 g/mol. The van der Waals surface area contributed by atoms with Crippen molar-refractivity contribution >= 4 is 23.6 Å². The van der Waals surface area contributed by atoms with Crippen LogP contribution in [0, 0.1) is 0 Å². The van der Waals surface area contributed by atoms with E-state index in [1.165, 1.54) is 18.7 Å². The SMILES string of the molecule is O=C(O)CNC(=O)CNC(=O)Nc1cncnc1.